The number of benzene rings is 1. The minimum atomic E-state index is -0.222. The van der Waals surface area contributed by atoms with Crippen molar-refractivity contribution in [2.45, 2.75) is 13.0 Å². The third-order valence-electron chi connectivity index (χ3n) is 4.23. The van der Waals surface area contributed by atoms with E-state index in [4.69, 9.17) is 16.1 Å². The minimum absolute atomic E-state index is 0.0918. The van der Waals surface area contributed by atoms with Crippen molar-refractivity contribution >= 4 is 28.8 Å². The molecule has 0 spiro atoms. The van der Waals surface area contributed by atoms with Crippen LogP contribution in [0.3, 0.4) is 0 Å². The lowest BCUT2D eigenvalue weighted by Gasteiger charge is -2.24. The number of likely N-dealkylation sites (N-methyl/N-ethyl adjacent to an activating group) is 1. The Hall–Kier alpha value is -2.15. The smallest absolute Gasteiger partial charge is 0.257 e. The normalized spacial score (nSPS) is 12.3. The summed E-state index contributed by atoms with van der Waals surface area (Å²) >= 11 is 7.90. The van der Waals surface area contributed by atoms with Crippen LogP contribution in [0.2, 0.25) is 5.02 Å². The lowest BCUT2D eigenvalue weighted by atomic mass is 10.0. The predicted molar refractivity (Wildman–Crippen MR) is 105 cm³/mol. The lowest BCUT2D eigenvalue weighted by molar-refractivity contribution is 0.0941. The van der Waals surface area contributed by atoms with Crippen LogP contribution in [0.4, 0.5) is 0 Å². The van der Waals surface area contributed by atoms with E-state index in [2.05, 4.69) is 26.8 Å². The first-order valence-electron chi connectivity index (χ1n) is 8.17. The highest BCUT2D eigenvalue weighted by molar-refractivity contribution is 7.08. The maximum absolute atomic E-state index is 12.9. The largest absolute Gasteiger partial charge is 0.360 e. The Morgan fingerprint density at radius 1 is 1.35 bits per heavy atom. The van der Waals surface area contributed by atoms with E-state index >= 15 is 0 Å². The second kappa shape index (κ2) is 8.03. The molecule has 1 atom stereocenters. The van der Waals surface area contributed by atoms with Crippen molar-refractivity contribution in [2.24, 2.45) is 0 Å². The van der Waals surface area contributed by atoms with Crippen LogP contribution in [0.25, 0.3) is 11.3 Å². The van der Waals surface area contributed by atoms with E-state index in [1.54, 1.807) is 24.3 Å². The van der Waals surface area contributed by atoms with Crippen LogP contribution in [0, 0.1) is 6.92 Å². The summed E-state index contributed by atoms with van der Waals surface area (Å²) in [6, 6.07) is 9.44. The number of aryl methyl sites for hydroxylation is 1. The molecule has 1 N–H and O–H groups in total. The highest BCUT2D eigenvalue weighted by atomic mass is 35.5. The molecule has 0 fully saturated rings. The van der Waals surface area contributed by atoms with Crippen molar-refractivity contribution in [1.82, 2.24) is 15.4 Å². The summed E-state index contributed by atoms with van der Waals surface area (Å²) in [5.74, 6) is 0.245. The molecule has 0 unspecified atom stereocenters. The van der Waals surface area contributed by atoms with E-state index in [1.165, 1.54) is 5.56 Å². The number of nitrogens with zero attached hydrogens (tertiary/aromatic N) is 2. The Balaban J connectivity index is 1.83. The molecular formula is C19H20ClN3O2S. The number of carbonyl (C=O) groups excluding carboxylic acids is 1. The van der Waals surface area contributed by atoms with Crippen molar-refractivity contribution in [3.63, 3.8) is 0 Å². The van der Waals surface area contributed by atoms with Gasteiger partial charge in [-0.2, -0.15) is 11.3 Å². The highest BCUT2D eigenvalue weighted by Crippen LogP contribution is 2.31. The number of amides is 1. The summed E-state index contributed by atoms with van der Waals surface area (Å²) in [4.78, 5) is 14.9. The average molecular weight is 390 g/mol. The van der Waals surface area contributed by atoms with Gasteiger partial charge in [-0.05, 0) is 49.5 Å². The van der Waals surface area contributed by atoms with Crippen LogP contribution in [0.15, 0.2) is 45.6 Å². The molecule has 5 nitrogen and oxygen atoms in total. The van der Waals surface area contributed by atoms with Gasteiger partial charge in [-0.15, -0.1) is 0 Å². The zero-order chi connectivity index (χ0) is 18.7. The molecule has 0 saturated carbocycles. The second-order valence-electron chi connectivity index (χ2n) is 6.19. The quantitative estimate of drug-likeness (QED) is 0.678. The predicted octanol–water partition coefficient (Wildman–Crippen LogP) is 4.40. The molecular weight excluding hydrogens is 370 g/mol. The van der Waals surface area contributed by atoms with Gasteiger partial charge in [-0.25, -0.2) is 0 Å². The van der Waals surface area contributed by atoms with E-state index in [0.717, 1.165) is 0 Å². The molecule has 0 bridgehead atoms. The van der Waals surface area contributed by atoms with Crippen molar-refractivity contribution < 1.29 is 9.32 Å². The van der Waals surface area contributed by atoms with E-state index < -0.39 is 0 Å². The molecule has 0 aliphatic carbocycles. The summed E-state index contributed by atoms with van der Waals surface area (Å²) < 4.78 is 5.27. The maximum atomic E-state index is 12.9. The fraction of sp³-hybridized carbons (Fsp3) is 0.263. The molecule has 2 aromatic heterocycles. The molecule has 3 rings (SSSR count). The molecule has 3 aromatic rings. The van der Waals surface area contributed by atoms with Gasteiger partial charge in [-0.1, -0.05) is 35.0 Å². The van der Waals surface area contributed by atoms with E-state index in [0.29, 0.717) is 34.1 Å². The minimum Gasteiger partial charge on any atom is -0.360 e. The first-order valence-corrected chi connectivity index (χ1v) is 9.49. The average Bonchev–Trinajstić information content (AvgIpc) is 3.25. The van der Waals surface area contributed by atoms with Gasteiger partial charge in [0.15, 0.2) is 0 Å². The Labute approximate surface area is 161 Å². The molecule has 0 saturated heterocycles. The summed E-state index contributed by atoms with van der Waals surface area (Å²) in [6.45, 7) is 2.21. The first kappa shape index (κ1) is 18.6. The summed E-state index contributed by atoms with van der Waals surface area (Å²) in [5, 5.41) is 11.7. The fourth-order valence-electron chi connectivity index (χ4n) is 2.82. The Morgan fingerprint density at radius 3 is 2.77 bits per heavy atom. The van der Waals surface area contributed by atoms with Crippen LogP contribution in [-0.4, -0.2) is 36.6 Å². The van der Waals surface area contributed by atoms with Crippen molar-refractivity contribution in [2.75, 3.05) is 20.6 Å². The van der Waals surface area contributed by atoms with Crippen LogP contribution >= 0.6 is 22.9 Å². The molecule has 0 aliphatic heterocycles. The van der Waals surface area contributed by atoms with Crippen LogP contribution in [0.5, 0.6) is 0 Å². The molecule has 0 radical (unpaired) electrons. The van der Waals surface area contributed by atoms with Gasteiger partial charge in [0.2, 0.25) is 0 Å². The number of aromatic nitrogens is 1. The number of hydrogen-bond acceptors (Lipinski definition) is 5. The third kappa shape index (κ3) is 3.82. The zero-order valence-corrected chi connectivity index (χ0v) is 16.4. The maximum Gasteiger partial charge on any atom is 0.257 e. The Bertz CT molecular complexity index is 890. The van der Waals surface area contributed by atoms with E-state index in [1.807, 2.05) is 37.7 Å². The summed E-state index contributed by atoms with van der Waals surface area (Å²) in [5.41, 5.74) is 2.73. The van der Waals surface area contributed by atoms with Gasteiger partial charge in [0, 0.05) is 12.1 Å². The van der Waals surface area contributed by atoms with Crippen LogP contribution in [0.1, 0.15) is 27.7 Å². The molecule has 2 heterocycles. The zero-order valence-electron chi connectivity index (χ0n) is 14.8. The highest BCUT2D eigenvalue weighted by Gasteiger charge is 2.24. The summed E-state index contributed by atoms with van der Waals surface area (Å²) in [6.07, 6.45) is 0. The molecule has 1 aromatic carbocycles. The Kier molecular flexibility index (Phi) is 5.76. The topological polar surface area (TPSA) is 58.4 Å². The van der Waals surface area contributed by atoms with Gasteiger partial charge >= 0.3 is 0 Å². The van der Waals surface area contributed by atoms with Gasteiger partial charge < -0.3 is 14.7 Å². The Morgan fingerprint density at radius 2 is 2.12 bits per heavy atom. The number of nitrogens with one attached hydrogen (secondary N) is 1. The number of carbonyl (C=O) groups is 1. The number of rotatable bonds is 6. The number of hydrogen-bond donors (Lipinski definition) is 1. The SMILES string of the molecule is Cc1onc(-c2ccccc2Cl)c1C(=O)NC[C@H](c1ccsc1)N(C)C. The number of thiophene rings is 1. The van der Waals surface area contributed by atoms with Crippen molar-refractivity contribution in [3.8, 4) is 11.3 Å². The fourth-order valence-corrected chi connectivity index (χ4v) is 3.75. The second-order valence-corrected chi connectivity index (χ2v) is 7.38. The first-order chi connectivity index (χ1) is 12.5. The van der Waals surface area contributed by atoms with Crippen molar-refractivity contribution in [1.29, 1.82) is 0 Å². The monoisotopic (exact) mass is 389 g/mol. The van der Waals surface area contributed by atoms with Crippen LogP contribution in [-0.2, 0) is 0 Å². The van der Waals surface area contributed by atoms with Gasteiger partial charge in [0.05, 0.1) is 11.1 Å². The van der Waals surface area contributed by atoms with Gasteiger partial charge in [0.25, 0.3) is 5.91 Å². The standard InChI is InChI=1S/C19H20ClN3O2S/c1-12-17(18(22-25-12)14-6-4-5-7-15(14)20)19(24)21-10-16(23(2)3)13-8-9-26-11-13/h4-9,11,16H,10H2,1-3H3,(H,21,24)/t16-/m1/s1. The van der Waals surface area contributed by atoms with Gasteiger partial charge in [0.1, 0.15) is 17.0 Å². The van der Waals surface area contributed by atoms with E-state index in [9.17, 15) is 4.79 Å². The molecule has 0 aliphatic rings. The van der Waals surface area contributed by atoms with Crippen LogP contribution < -0.4 is 5.32 Å². The van der Waals surface area contributed by atoms with Crippen molar-refractivity contribution in [3.05, 3.63) is 63.0 Å². The molecule has 136 valence electrons. The summed E-state index contributed by atoms with van der Waals surface area (Å²) in [7, 11) is 3.99. The molecule has 7 heteroatoms. The third-order valence-corrected chi connectivity index (χ3v) is 5.26. The van der Waals surface area contributed by atoms with E-state index in [-0.39, 0.29) is 11.9 Å². The number of halogens is 1. The molecule has 1 amide bonds. The van der Waals surface area contributed by atoms with Gasteiger partial charge in [-0.3, -0.25) is 4.79 Å². The molecule has 26 heavy (non-hydrogen) atoms. The lowest BCUT2D eigenvalue weighted by Crippen LogP contribution is -2.34.